The Hall–Kier alpha value is -0.610. The molecule has 2 atom stereocenters. The van der Waals surface area contributed by atoms with Crippen LogP contribution in [0, 0.1) is 11.8 Å². The minimum Gasteiger partial charge on any atom is -0.354 e. The summed E-state index contributed by atoms with van der Waals surface area (Å²) >= 11 is 0. The van der Waals surface area contributed by atoms with Gasteiger partial charge in [0.05, 0.1) is 6.04 Å². The highest BCUT2D eigenvalue weighted by molar-refractivity contribution is 5.81. The molecule has 4 nitrogen and oxygen atoms in total. The minimum absolute atomic E-state index is 0.00451. The van der Waals surface area contributed by atoms with Crippen LogP contribution in [0.3, 0.4) is 0 Å². The molecule has 1 aliphatic carbocycles. The van der Waals surface area contributed by atoms with E-state index in [0.717, 1.165) is 19.1 Å². The largest absolute Gasteiger partial charge is 0.354 e. The van der Waals surface area contributed by atoms with Crippen LogP contribution in [0.25, 0.3) is 0 Å². The molecule has 2 fully saturated rings. The van der Waals surface area contributed by atoms with Gasteiger partial charge in [-0.15, -0.1) is 0 Å². The third kappa shape index (κ3) is 3.42. The van der Waals surface area contributed by atoms with E-state index in [1.165, 1.54) is 25.8 Å². The first-order valence-electron chi connectivity index (χ1n) is 6.85. The highest BCUT2D eigenvalue weighted by atomic mass is 16.2. The summed E-state index contributed by atoms with van der Waals surface area (Å²) in [5.41, 5.74) is 5.81. The third-order valence-electron chi connectivity index (χ3n) is 3.97. The summed E-state index contributed by atoms with van der Waals surface area (Å²) in [5.74, 6) is 0.838. The zero-order valence-electron chi connectivity index (χ0n) is 11.0. The van der Waals surface area contributed by atoms with Gasteiger partial charge in [0.1, 0.15) is 0 Å². The van der Waals surface area contributed by atoms with Gasteiger partial charge in [0.25, 0.3) is 0 Å². The molecular weight excluding hydrogens is 214 g/mol. The molecule has 1 saturated carbocycles. The molecule has 0 aromatic heterocycles. The summed E-state index contributed by atoms with van der Waals surface area (Å²) in [4.78, 5) is 14.3. The number of nitrogens with one attached hydrogen (secondary N) is 1. The monoisotopic (exact) mass is 239 g/mol. The molecule has 98 valence electrons. The average molecular weight is 239 g/mol. The normalized spacial score (nSPS) is 27.4. The van der Waals surface area contributed by atoms with Gasteiger partial charge in [-0.1, -0.05) is 13.8 Å². The van der Waals surface area contributed by atoms with Crippen molar-refractivity contribution in [1.29, 1.82) is 0 Å². The molecule has 0 aromatic rings. The van der Waals surface area contributed by atoms with Gasteiger partial charge < -0.3 is 16.0 Å². The average Bonchev–Trinajstić information content (AvgIpc) is 3.05. The topological polar surface area (TPSA) is 58.4 Å². The maximum atomic E-state index is 11.7. The second-order valence-corrected chi connectivity index (χ2v) is 5.90. The van der Waals surface area contributed by atoms with E-state index in [2.05, 4.69) is 10.2 Å². The van der Waals surface area contributed by atoms with E-state index in [4.69, 9.17) is 5.73 Å². The third-order valence-corrected chi connectivity index (χ3v) is 3.97. The van der Waals surface area contributed by atoms with Crippen molar-refractivity contribution in [2.24, 2.45) is 17.6 Å². The van der Waals surface area contributed by atoms with Gasteiger partial charge in [-0.25, -0.2) is 0 Å². The van der Waals surface area contributed by atoms with Crippen molar-refractivity contribution in [1.82, 2.24) is 10.2 Å². The molecule has 2 aliphatic rings. The Balaban J connectivity index is 1.66. The quantitative estimate of drug-likeness (QED) is 0.737. The van der Waals surface area contributed by atoms with E-state index >= 15 is 0 Å². The first kappa shape index (κ1) is 12.8. The van der Waals surface area contributed by atoms with Crippen LogP contribution in [0.5, 0.6) is 0 Å². The summed E-state index contributed by atoms with van der Waals surface area (Å²) in [7, 11) is 0. The standard InChI is InChI=1S/C13H25N3O/c1-9(2)12(14)13(17)15-7-10-5-6-16(8-10)11-3-4-11/h9-12H,3-8,14H2,1-2H3,(H,15,17)/t10?,12-/m0/s1. The van der Waals surface area contributed by atoms with Gasteiger partial charge >= 0.3 is 0 Å². The molecule has 1 saturated heterocycles. The Kier molecular flexibility index (Phi) is 4.05. The van der Waals surface area contributed by atoms with Crippen LogP contribution in [0.15, 0.2) is 0 Å². The number of amides is 1. The molecule has 2 rings (SSSR count). The summed E-state index contributed by atoms with van der Waals surface area (Å²) in [6.07, 6.45) is 3.96. The molecule has 1 aliphatic heterocycles. The Morgan fingerprint density at radius 1 is 1.41 bits per heavy atom. The molecule has 1 unspecified atom stereocenters. The second-order valence-electron chi connectivity index (χ2n) is 5.90. The SMILES string of the molecule is CC(C)[C@H](N)C(=O)NCC1CCN(C2CC2)C1. The smallest absolute Gasteiger partial charge is 0.237 e. The summed E-state index contributed by atoms with van der Waals surface area (Å²) in [6.45, 7) is 7.12. The fourth-order valence-electron chi connectivity index (χ4n) is 2.47. The molecule has 0 bridgehead atoms. The Morgan fingerprint density at radius 3 is 2.71 bits per heavy atom. The van der Waals surface area contributed by atoms with E-state index < -0.39 is 0 Å². The van der Waals surface area contributed by atoms with Crippen molar-refractivity contribution < 1.29 is 4.79 Å². The Labute approximate surface area is 104 Å². The number of nitrogens with zero attached hydrogens (tertiary/aromatic N) is 1. The summed E-state index contributed by atoms with van der Waals surface area (Å²) < 4.78 is 0. The van der Waals surface area contributed by atoms with Crippen molar-refractivity contribution in [3.63, 3.8) is 0 Å². The number of likely N-dealkylation sites (tertiary alicyclic amines) is 1. The molecule has 3 N–H and O–H groups in total. The van der Waals surface area contributed by atoms with E-state index in [1.807, 2.05) is 13.8 Å². The predicted molar refractivity (Wildman–Crippen MR) is 68.5 cm³/mol. The molecule has 17 heavy (non-hydrogen) atoms. The Morgan fingerprint density at radius 2 is 2.12 bits per heavy atom. The second kappa shape index (κ2) is 5.36. The fourth-order valence-corrected chi connectivity index (χ4v) is 2.47. The van der Waals surface area contributed by atoms with Crippen LogP contribution in [-0.2, 0) is 4.79 Å². The lowest BCUT2D eigenvalue weighted by molar-refractivity contribution is -0.123. The first-order chi connectivity index (χ1) is 8.08. The van der Waals surface area contributed by atoms with Crippen molar-refractivity contribution in [3.05, 3.63) is 0 Å². The molecule has 4 heteroatoms. The lowest BCUT2D eigenvalue weighted by Crippen LogP contribution is -2.45. The van der Waals surface area contributed by atoms with Crippen LogP contribution in [0.1, 0.15) is 33.1 Å². The van der Waals surface area contributed by atoms with Gasteiger partial charge in [-0.3, -0.25) is 4.79 Å². The van der Waals surface area contributed by atoms with Gasteiger partial charge in [0.15, 0.2) is 0 Å². The van der Waals surface area contributed by atoms with Crippen LogP contribution in [0.2, 0.25) is 0 Å². The highest BCUT2D eigenvalue weighted by Gasteiger charge is 2.34. The molecule has 0 radical (unpaired) electrons. The van der Waals surface area contributed by atoms with Crippen molar-refractivity contribution in [2.75, 3.05) is 19.6 Å². The van der Waals surface area contributed by atoms with Gasteiger partial charge in [-0.2, -0.15) is 0 Å². The number of rotatable bonds is 5. The van der Waals surface area contributed by atoms with Gasteiger partial charge in [-0.05, 0) is 37.6 Å². The molecule has 1 amide bonds. The summed E-state index contributed by atoms with van der Waals surface area (Å²) in [6, 6.07) is 0.490. The number of hydrogen-bond acceptors (Lipinski definition) is 3. The van der Waals surface area contributed by atoms with Gasteiger partial charge in [0.2, 0.25) is 5.91 Å². The van der Waals surface area contributed by atoms with Crippen LogP contribution < -0.4 is 11.1 Å². The Bertz CT molecular complexity index is 276. The van der Waals surface area contributed by atoms with E-state index in [-0.39, 0.29) is 17.9 Å². The van der Waals surface area contributed by atoms with Gasteiger partial charge in [0, 0.05) is 19.1 Å². The number of nitrogens with two attached hydrogens (primary N) is 1. The van der Waals surface area contributed by atoms with Crippen molar-refractivity contribution >= 4 is 5.91 Å². The molecule has 0 spiro atoms. The lowest BCUT2D eigenvalue weighted by Gasteiger charge is -2.18. The van der Waals surface area contributed by atoms with Crippen molar-refractivity contribution in [3.8, 4) is 0 Å². The predicted octanol–water partition coefficient (Wildman–Crippen LogP) is 0.570. The van der Waals surface area contributed by atoms with E-state index in [1.54, 1.807) is 0 Å². The number of hydrogen-bond donors (Lipinski definition) is 2. The van der Waals surface area contributed by atoms with Crippen LogP contribution in [0.4, 0.5) is 0 Å². The van der Waals surface area contributed by atoms with Crippen LogP contribution >= 0.6 is 0 Å². The highest BCUT2D eigenvalue weighted by Crippen LogP contribution is 2.31. The van der Waals surface area contributed by atoms with E-state index in [9.17, 15) is 4.79 Å². The number of carbonyl (C=O) groups excluding carboxylic acids is 1. The summed E-state index contributed by atoms with van der Waals surface area (Å²) in [5, 5.41) is 2.99. The molecular formula is C13H25N3O. The zero-order chi connectivity index (χ0) is 12.4. The van der Waals surface area contributed by atoms with Crippen LogP contribution in [-0.4, -0.2) is 42.5 Å². The number of carbonyl (C=O) groups is 1. The fraction of sp³-hybridized carbons (Fsp3) is 0.923. The molecule has 1 heterocycles. The first-order valence-corrected chi connectivity index (χ1v) is 6.85. The van der Waals surface area contributed by atoms with E-state index in [0.29, 0.717) is 5.92 Å². The lowest BCUT2D eigenvalue weighted by atomic mass is 10.0. The maximum absolute atomic E-state index is 11.7. The molecule has 0 aromatic carbocycles. The minimum atomic E-state index is -0.365. The van der Waals surface area contributed by atoms with Crippen molar-refractivity contribution in [2.45, 2.75) is 45.2 Å². The zero-order valence-corrected chi connectivity index (χ0v) is 11.0. The maximum Gasteiger partial charge on any atom is 0.237 e.